The Hall–Kier alpha value is -3.67. The van der Waals surface area contributed by atoms with Gasteiger partial charge in [-0.05, 0) is 116 Å². The van der Waals surface area contributed by atoms with Gasteiger partial charge >= 0.3 is 17.9 Å². The fraction of sp³-hybridized carbons (Fsp3) is 0.729. The van der Waals surface area contributed by atoms with Gasteiger partial charge in [0.2, 0.25) is 0 Å². The number of carbonyl (C=O) groups excluding carboxylic acids is 3. The zero-order valence-electron chi connectivity index (χ0n) is 50.0. The highest BCUT2D eigenvalue weighted by molar-refractivity contribution is 5.71. The van der Waals surface area contributed by atoms with E-state index in [1.165, 1.54) is 161 Å². The van der Waals surface area contributed by atoms with Gasteiger partial charge in [-0.2, -0.15) is 0 Å². The van der Waals surface area contributed by atoms with E-state index in [1.54, 1.807) is 0 Å². The number of ether oxygens (including phenoxy) is 3. The largest absolute Gasteiger partial charge is 0.462 e. The van der Waals surface area contributed by atoms with Crippen LogP contribution in [0, 0.1) is 0 Å². The number of carbonyl (C=O) groups is 3. The Morgan fingerprint density at radius 3 is 0.842 bits per heavy atom. The van der Waals surface area contributed by atoms with Crippen molar-refractivity contribution in [1.82, 2.24) is 0 Å². The molecule has 0 aliphatic heterocycles. The van der Waals surface area contributed by atoms with E-state index in [4.69, 9.17) is 14.2 Å². The maximum atomic E-state index is 12.9. The van der Waals surface area contributed by atoms with E-state index >= 15 is 0 Å². The van der Waals surface area contributed by atoms with E-state index < -0.39 is 6.10 Å². The van der Waals surface area contributed by atoms with Gasteiger partial charge in [-0.1, -0.05) is 272 Å². The summed E-state index contributed by atoms with van der Waals surface area (Å²) in [6, 6.07) is 0. The van der Waals surface area contributed by atoms with Crippen molar-refractivity contribution in [2.24, 2.45) is 0 Å². The fourth-order valence-corrected chi connectivity index (χ4v) is 8.95. The highest BCUT2D eigenvalue weighted by Gasteiger charge is 2.19. The van der Waals surface area contributed by atoms with Crippen LogP contribution in [0.3, 0.4) is 0 Å². The predicted octanol–water partition coefficient (Wildman–Crippen LogP) is 22.0. The van der Waals surface area contributed by atoms with Crippen LogP contribution in [0.2, 0.25) is 0 Å². The molecule has 0 aromatic rings. The Bertz CT molecular complexity index is 1490. The summed E-state index contributed by atoms with van der Waals surface area (Å²) in [6.45, 7) is 6.47. The summed E-state index contributed by atoms with van der Waals surface area (Å²) in [7, 11) is 0. The molecule has 6 heteroatoms. The van der Waals surface area contributed by atoms with Crippen molar-refractivity contribution < 1.29 is 28.6 Å². The fourth-order valence-electron chi connectivity index (χ4n) is 8.95. The second-order valence-electron chi connectivity index (χ2n) is 21.3. The molecule has 0 rings (SSSR count). The molecule has 0 aromatic heterocycles. The van der Waals surface area contributed by atoms with Crippen molar-refractivity contribution in [3.63, 3.8) is 0 Å². The minimum absolute atomic E-state index is 0.0838. The molecule has 6 nitrogen and oxygen atoms in total. The Morgan fingerprint density at radius 2 is 0.526 bits per heavy atom. The molecule has 0 saturated heterocycles. The molecule has 1 atom stereocenters. The SMILES string of the molecule is CC/C=C\C/C=C\C/C=C\C/C=C\CCCCCCCCCCCCCCC(=O)OCC(COC(=O)CCCCCCC/C=C\C/C=C\CCCC)OC(=O)CCCCCCCCCCC/C=C\C/C=C\CCCCC. The number of rotatable bonds is 58. The molecule has 436 valence electrons. The van der Waals surface area contributed by atoms with E-state index in [9.17, 15) is 14.4 Å². The summed E-state index contributed by atoms with van der Waals surface area (Å²) in [4.78, 5) is 38.3. The standard InChI is InChI=1S/C70H120O6/c1-4-7-10-13-16-19-22-25-28-30-32-33-34-35-36-37-39-40-42-45-48-51-54-57-60-63-69(72)75-66-67(65-74-68(71)62-59-56-53-50-47-44-27-24-21-18-15-12-9-6-3)76-70(73)64-61-58-55-52-49-46-43-41-38-31-29-26-23-20-17-14-11-8-5-2/h7,10,15-20,24-29,32-33,67H,4-6,8-9,11-14,21-23,30-31,34-66H2,1-3H3/b10-7-,18-15-,19-16-,20-17-,27-24-,28-25-,29-26-,33-32-. The van der Waals surface area contributed by atoms with Crippen molar-refractivity contribution in [2.75, 3.05) is 13.2 Å². The first-order valence-electron chi connectivity index (χ1n) is 32.2. The van der Waals surface area contributed by atoms with E-state index in [2.05, 4.69) is 118 Å². The molecule has 0 aliphatic rings. The normalized spacial score (nSPS) is 12.7. The number of unbranched alkanes of at least 4 members (excludes halogenated alkanes) is 31. The smallest absolute Gasteiger partial charge is 0.306 e. The molecular weight excluding hydrogens is 937 g/mol. The predicted molar refractivity (Wildman–Crippen MR) is 330 cm³/mol. The second kappa shape index (κ2) is 63.9. The van der Waals surface area contributed by atoms with E-state index in [0.29, 0.717) is 19.3 Å². The number of hydrogen-bond acceptors (Lipinski definition) is 6. The molecule has 0 fully saturated rings. The lowest BCUT2D eigenvalue weighted by Gasteiger charge is -2.18. The average molecular weight is 1060 g/mol. The van der Waals surface area contributed by atoms with Gasteiger partial charge < -0.3 is 14.2 Å². The van der Waals surface area contributed by atoms with Gasteiger partial charge in [0.15, 0.2) is 6.10 Å². The van der Waals surface area contributed by atoms with Crippen LogP contribution in [0.25, 0.3) is 0 Å². The molecule has 0 heterocycles. The molecule has 0 amide bonds. The van der Waals surface area contributed by atoms with Gasteiger partial charge in [0.05, 0.1) is 0 Å². The molecule has 0 N–H and O–H groups in total. The van der Waals surface area contributed by atoms with Gasteiger partial charge in [0.25, 0.3) is 0 Å². The minimum atomic E-state index is -0.788. The van der Waals surface area contributed by atoms with Gasteiger partial charge in [0, 0.05) is 19.3 Å². The van der Waals surface area contributed by atoms with Crippen LogP contribution in [0.4, 0.5) is 0 Å². The number of esters is 3. The lowest BCUT2D eigenvalue weighted by molar-refractivity contribution is -0.167. The summed E-state index contributed by atoms with van der Waals surface area (Å²) in [5, 5.41) is 0. The molecule has 0 bridgehead atoms. The van der Waals surface area contributed by atoms with Crippen molar-refractivity contribution in [3.8, 4) is 0 Å². The molecule has 0 aromatic carbocycles. The highest BCUT2D eigenvalue weighted by Crippen LogP contribution is 2.16. The van der Waals surface area contributed by atoms with Crippen LogP contribution in [0.5, 0.6) is 0 Å². The number of allylic oxidation sites excluding steroid dienone is 16. The van der Waals surface area contributed by atoms with Crippen molar-refractivity contribution in [1.29, 1.82) is 0 Å². The molecular formula is C70H120O6. The first-order valence-corrected chi connectivity index (χ1v) is 32.2. The zero-order chi connectivity index (χ0) is 55.0. The van der Waals surface area contributed by atoms with Gasteiger partial charge in [-0.3, -0.25) is 14.4 Å². The van der Waals surface area contributed by atoms with Gasteiger partial charge in [-0.25, -0.2) is 0 Å². The summed E-state index contributed by atoms with van der Waals surface area (Å²) >= 11 is 0. The second-order valence-corrected chi connectivity index (χ2v) is 21.3. The first-order chi connectivity index (χ1) is 37.5. The topological polar surface area (TPSA) is 78.9 Å². The summed E-state index contributed by atoms with van der Waals surface area (Å²) in [6.07, 6.45) is 85.5. The highest BCUT2D eigenvalue weighted by atomic mass is 16.6. The molecule has 76 heavy (non-hydrogen) atoms. The Balaban J connectivity index is 4.33. The lowest BCUT2D eigenvalue weighted by atomic mass is 10.0. The maximum Gasteiger partial charge on any atom is 0.306 e. The third kappa shape index (κ3) is 61.2. The van der Waals surface area contributed by atoms with Crippen LogP contribution >= 0.6 is 0 Å². The van der Waals surface area contributed by atoms with Crippen LogP contribution in [-0.2, 0) is 28.6 Å². The van der Waals surface area contributed by atoms with Gasteiger partial charge in [0.1, 0.15) is 13.2 Å². The Labute approximate surface area is 470 Å². The Morgan fingerprint density at radius 1 is 0.276 bits per heavy atom. The summed E-state index contributed by atoms with van der Waals surface area (Å²) < 4.78 is 16.9. The lowest BCUT2D eigenvalue weighted by Crippen LogP contribution is -2.30. The molecule has 0 spiro atoms. The molecule has 0 radical (unpaired) electrons. The average Bonchev–Trinajstić information content (AvgIpc) is 3.42. The summed E-state index contributed by atoms with van der Waals surface area (Å²) in [5.74, 6) is -0.894. The van der Waals surface area contributed by atoms with Crippen molar-refractivity contribution >= 4 is 17.9 Å². The monoisotopic (exact) mass is 1060 g/mol. The van der Waals surface area contributed by atoms with Crippen molar-refractivity contribution in [2.45, 2.75) is 316 Å². The van der Waals surface area contributed by atoms with E-state index in [1.807, 2.05) is 0 Å². The van der Waals surface area contributed by atoms with E-state index in [0.717, 1.165) is 109 Å². The van der Waals surface area contributed by atoms with Crippen molar-refractivity contribution in [3.05, 3.63) is 97.2 Å². The third-order valence-electron chi connectivity index (χ3n) is 13.8. The molecule has 0 aliphatic carbocycles. The summed E-state index contributed by atoms with van der Waals surface area (Å²) in [5.41, 5.74) is 0. The third-order valence-corrected chi connectivity index (χ3v) is 13.8. The molecule has 1 unspecified atom stereocenters. The quantitative estimate of drug-likeness (QED) is 0.0261. The maximum absolute atomic E-state index is 12.9. The van der Waals surface area contributed by atoms with E-state index in [-0.39, 0.29) is 31.1 Å². The van der Waals surface area contributed by atoms with Crippen LogP contribution < -0.4 is 0 Å². The zero-order valence-corrected chi connectivity index (χ0v) is 50.0. The first kappa shape index (κ1) is 72.3. The minimum Gasteiger partial charge on any atom is -0.462 e. The number of hydrogen-bond donors (Lipinski definition) is 0. The molecule has 0 saturated carbocycles. The Kier molecular flexibility index (Phi) is 60.8. The van der Waals surface area contributed by atoms with Crippen LogP contribution in [0.15, 0.2) is 97.2 Å². The van der Waals surface area contributed by atoms with Crippen LogP contribution in [0.1, 0.15) is 310 Å². The van der Waals surface area contributed by atoms with Gasteiger partial charge in [-0.15, -0.1) is 0 Å². The van der Waals surface area contributed by atoms with Crippen LogP contribution in [-0.4, -0.2) is 37.2 Å².